The zero-order chi connectivity index (χ0) is 16.3. The third kappa shape index (κ3) is 4.44. The van der Waals surface area contributed by atoms with E-state index >= 15 is 0 Å². The highest BCUT2D eigenvalue weighted by Crippen LogP contribution is 2.25. The van der Waals surface area contributed by atoms with E-state index in [-0.39, 0.29) is 18.2 Å². The number of hydrogen-bond acceptors (Lipinski definition) is 5. The summed E-state index contributed by atoms with van der Waals surface area (Å²) in [6, 6.07) is 2.24. The fourth-order valence-corrected chi connectivity index (χ4v) is 3.70. The van der Waals surface area contributed by atoms with E-state index < -0.39 is 5.60 Å². The first-order chi connectivity index (χ1) is 10.3. The molecule has 1 aliphatic heterocycles. The van der Waals surface area contributed by atoms with Gasteiger partial charge in [-0.1, -0.05) is 0 Å². The smallest absolute Gasteiger partial charge is 0.407 e. The number of amides is 1. The minimum absolute atomic E-state index is 0.0555. The number of thiophene rings is 1. The molecule has 3 N–H and O–H groups in total. The van der Waals surface area contributed by atoms with Crippen LogP contribution in [-0.2, 0) is 17.7 Å². The van der Waals surface area contributed by atoms with Gasteiger partial charge in [0.15, 0.2) is 0 Å². The van der Waals surface area contributed by atoms with Crippen molar-refractivity contribution < 1.29 is 9.53 Å². The van der Waals surface area contributed by atoms with E-state index in [1.165, 1.54) is 10.4 Å². The molecule has 0 radical (unpaired) electrons. The SMILES string of the molecule is CC(NC(=O)OC(C)(C)C)C(CN)N1CCc2sccc2C1. The molecule has 2 heterocycles. The van der Waals surface area contributed by atoms with E-state index in [4.69, 9.17) is 10.5 Å². The van der Waals surface area contributed by atoms with E-state index in [0.29, 0.717) is 6.54 Å². The lowest BCUT2D eigenvalue weighted by Crippen LogP contribution is -2.55. The minimum Gasteiger partial charge on any atom is -0.444 e. The zero-order valence-electron chi connectivity index (χ0n) is 13.9. The van der Waals surface area contributed by atoms with Crippen molar-refractivity contribution in [2.45, 2.75) is 58.3 Å². The monoisotopic (exact) mass is 325 g/mol. The maximum atomic E-state index is 11.9. The van der Waals surface area contributed by atoms with Crippen molar-refractivity contribution >= 4 is 17.4 Å². The summed E-state index contributed by atoms with van der Waals surface area (Å²) in [5, 5.41) is 5.07. The highest BCUT2D eigenvalue weighted by atomic mass is 32.1. The second-order valence-electron chi connectivity index (χ2n) is 6.83. The van der Waals surface area contributed by atoms with Gasteiger partial charge in [0, 0.05) is 36.6 Å². The average Bonchev–Trinajstić information content (AvgIpc) is 2.84. The molecule has 0 saturated carbocycles. The van der Waals surface area contributed by atoms with Crippen molar-refractivity contribution in [3.63, 3.8) is 0 Å². The Balaban J connectivity index is 1.95. The molecule has 124 valence electrons. The van der Waals surface area contributed by atoms with Gasteiger partial charge in [-0.25, -0.2) is 4.79 Å². The van der Waals surface area contributed by atoms with Crippen molar-refractivity contribution in [2.75, 3.05) is 13.1 Å². The quantitative estimate of drug-likeness (QED) is 0.892. The van der Waals surface area contributed by atoms with Crippen LogP contribution in [0.15, 0.2) is 11.4 Å². The van der Waals surface area contributed by atoms with Gasteiger partial charge in [-0.15, -0.1) is 11.3 Å². The number of nitrogens with two attached hydrogens (primary N) is 1. The number of rotatable bonds is 4. The minimum atomic E-state index is -0.487. The third-order valence-electron chi connectivity index (χ3n) is 3.87. The molecule has 6 heteroatoms. The molecule has 0 fully saturated rings. The van der Waals surface area contributed by atoms with Crippen molar-refractivity contribution in [2.24, 2.45) is 5.73 Å². The van der Waals surface area contributed by atoms with Gasteiger partial charge >= 0.3 is 6.09 Å². The molecule has 2 unspecified atom stereocenters. The van der Waals surface area contributed by atoms with E-state index in [2.05, 4.69) is 21.7 Å². The summed E-state index contributed by atoms with van der Waals surface area (Å²) >= 11 is 1.82. The first-order valence-corrected chi connectivity index (χ1v) is 8.67. The van der Waals surface area contributed by atoms with Crippen LogP contribution in [0.5, 0.6) is 0 Å². The Bertz CT molecular complexity index is 510. The lowest BCUT2D eigenvalue weighted by Gasteiger charge is -2.37. The van der Waals surface area contributed by atoms with Gasteiger partial charge < -0.3 is 15.8 Å². The number of carbonyl (C=O) groups is 1. The van der Waals surface area contributed by atoms with Crippen LogP contribution in [0.2, 0.25) is 0 Å². The van der Waals surface area contributed by atoms with E-state index in [1.54, 1.807) is 0 Å². The number of fused-ring (bicyclic) bond motifs is 1. The molecule has 1 amide bonds. The summed E-state index contributed by atoms with van der Waals surface area (Å²) in [5.41, 5.74) is 6.87. The van der Waals surface area contributed by atoms with Gasteiger partial charge in [-0.05, 0) is 51.1 Å². The fourth-order valence-electron chi connectivity index (χ4n) is 2.81. The number of carbonyl (C=O) groups excluding carboxylic acids is 1. The van der Waals surface area contributed by atoms with Gasteiger partial charge in [0.1, 0.15) is 5.60 Å². The van der Waals surface area contributed by atoms with Crippen molar-refractivity contribution in [1.29, 1.82) is 0 Å². The average molecular weight is 325 g/mol. The van der Waals surface area contributed by atoms with Gasteiger partial charge in [-0.3, -0.25) is 4.90 Å². The summed E-state index contributed by atoms with van der Waals surface area (Å²) in [6.07, 6.45) is 0.675. The largest absolute Gasteiger partial charge is 0.444 e. The predicted molar refractivity (Wildman–Crippen MR) is 90.1 cm³/mol. The van der Waals surface area contributed by atoms with Crippen molar-refractivity contribution in [3.8, 4) is 0 Å². The van der Waals surface area contributed by atoms with Crippen molar-refractivity contribution in [1.82, 2.24) is 10.2 Å². The zero-order valence-corrected chi connectivity index (χ0v) is 14.7. The Kier molecular flexibility index (Phi) is 5.47. The van der Waals surface area contributed by atoms with Gasteiger partial charge in [0.05, 0.1) is 0 Å². The first-order valence-electron chi connectivity index (χ1n) is 7.79. The number of nitrogens with one attached hydrogen (secondary N) is 1. The van der Waals surface area contributed by atoms with Crippen LogP contribution in [-0.4, -0.2) is 41.8 Å². The second-order valence-corrected chi connectivity index (χ2v) is 7.83. The van der Waals surface area contributed by atoms with E-state index in [1.807, 2.05) is 39.0 Å². The van der Waals surface area contributed by atoms with E-state index in [9.17, 15) is 4.79 Å². The molecule has 0 aromatic carbocycles. The van der Waals surface area contributed by atoms with Crippen LogP contribution in [0.25, 0.3) is 0 Å². The molecule has 1 aromatic rings. The van der Waals surface area contributed by atoms with Crippen LogP contribution in [0.3, 0.4) is 0 Å². The molecular weight excluding hydrogens is 298 g/mol. The lowest BCUT2D eigenvalue weighted by molar-refractivity contribution is 0.0464. The van der Waals surface area contributed by atoms with Crippen molar-refractivity contribution in [3.05, 3.63) is 21.9 Å². The second kappa shape index (κ2) is 6.98. The standard InChI is InChI=1S/C16H27N3O2S/c1-11(18-15(20)21-16(2,3)4)13(9-17)19-7-5-14-12(10-19)6-8-22-14/h6,8,11,13H,5,7,9-10,17H2,1-4H3,(H,18,20). The summed E-state index contributed by atoms with van der Waals surface area (Å²) in [4.78, 5) is 15.8. The molecule has 1 aromatic heterocycles. The van der Waals surface area contributed by atoms with Crippen LogP contribution >= 0.6 is 11.3 Å². The molecule has 0 bridgehead atoms. The van der Waals surface area contributed by atoms with Gasteiger partial charge in [-0.2, -0.15) is 0 Å². The number of ether oxygens (including phenoxy) is 1. The Hall–Kier alpha value is -1.11. The van der Waals surface area contributed by atoms with Crippen LogP contribution in [0, 0.1) is 0 Å². The lowest BCUT2D eigenvalue weighted by atomic mass is 10.0. The number of hydrogen-bond donors (Lipinski definition) is 2. The fraction of sp³-hybridized carbons (Fsp3) is 0.688. The topological polar surface area (TPSA) is 67.6 Å². The molecule has 0 aliphatic carbocycles. The molecule has 1 aliphatic rings. The molecule has 0 spiro atoms. The normalized spacial score (nSPS) is 18.4. The Morgan fingerprint density at radius 2 is 2.27 bits per heavy atom. The summed E-state index contributed by atoms with van der Waals surface area (Å²) in [5.74, 6) is 0. The summed E-state index contributed by atoms with van der Waals surface area (Å²) < 4.78 is 5.33. The van der Waals surface area contributed by atoms with Crippen LogP contribution in [0.4, 0.5) is 4.79 Å². The predicted octanol–water partition coefficient (Wildman–Crippen LogP) is 2.35. The highest BCUT2D eigenvalue weighted by molar-refractivity contribution is 7.10. The molecule has 0 saturated heterocycles. The first kappa shape index (κ1) is 17.2. The maximum absolute atomic E-state index is 11.9. The van der Waals surface area contributed by atoms with Gasteiger partial charge in [0.25, 0.3) is 0 Å². The Morgan fingerprint density at radius 1 is 1.55 bits per heavy atom. The Morgan fingerprint density at radius 3 is 2.91 bits per heavy atom. The summed E-state index contributed by atoms with van der Waals surface area (Å²) in [7, 11) is 0. The van der Waals surface area contributed by atoms with Crippen LogP contribution in [0.1, 0.15) is 38.1 Å². The Labute approximate surface area is 136 Å². The number of nitrogens with zero attached hydrogens (tertiary/aromatic N) is 1. The number of alkyl carbamates (subject to hydrolysis) is 1. The highest BCUT2D eigenvalue weighted by Gasteiger charge is 2.29. The summed E-state index contributed by atoms with van der Waals surface area (Å²) in [6.45, 7) is 9.97. The molecule has 2 rings (SSSR count). The van der Waals surface area contributed by atoms with Gasteiger partial charge in [0.2, 0.25) is 0 Å². The molecule has 5 nitrogen and oxygen atoms in total. The third-order valence-corrected chi connectivity index (χ3v) is 4.89. The molecule has 2 atom stereocenters. The maximum Gasteiger partial charge on any atom is 0.407 e. The van der Waals surface area contributed by atoms with E-state index in [0.717, 1.165) is 19.5 Å². The molecular formula is C16H27N3O2S. The molecule has 22 heavy (non-hydrogen) atoms. The van der Waals surface area contributed by atoms with Crippen LogP contribution < -0.4 is 11.1 Å².